The highest BCUT2D eigenvalue weighted by Crippen LogP contribution is 2.34. The topological polar surface area (TPSA) is 97.5 Å². The van der Waals surface area contributed by atoms with Crippen molar-refractivity contribution in [2.45, 2.75) is 50.0 Å². The summed E-state index contributed by atoms with van der Waals surface area (Å²) < 4.78 is 22.5. The molecule has 4 atom stereocenters. The standard InChI is InChI=1S/C24H23FN6O2/c25-24-19-3-1-2-16(27-19)12-21(24)33-23-7-6-18(28-30-23)17-5-4-14(10-20(17)32)15-8-9-31-13-26-29-22(31)11-15/h4-11,13,16,19,21,24,27,32H,1-3,12H2/t16?,19?,21-,24+/m1/s1. The van der Waals surface area contributed by atoms with Crippen molar-refractivity contribution >= 4 is 5.65 Å². The minimum absolute atomic E-state index is 0.0896. The lowest BCUT2D eigenvalue weighted by atomic mass is 9.84. The number of ether oxygens (including phenoxy) is 1. The second-order valence-electron chi connectivity index (χ2n) is 8.74. The fourth-order valence-corrected chi connectivity index (χ4v) is 4.88. The van der Waals surface area contributed by atoms with Crippen molar-refractivity contribution in [3.05, 3.63) is 55.0 Å². The van der Waals surface area contributed by atoms with Crippen LogP contribution < -0.4 is 10.1 Å². The lowest BCUT2D eigenvalue weighted by Crippen LogP contribution is -2.59. The molecule has 0 aliphatic carbocycles. The second kappa shape index (κ2) is 8.08. The Kier molecular flexibility index (Phi) is 4.91. The predicted octanol–water partition coefficient (Wildman–Crippen LogP) is 3.56. The van der Waals surface area contributed by atoms with Gasteiger partial charge in [0.15, 0.2) is 11.8 Å². The van der Waals surface area contributed by atoms with Crippen molar-refractivity contribution in [2.24, 2.45) is 0 Å². The van der Waals surface area contributed by atoms with Gasteiger partial charge in [-0.3, -0.25) is 4.40 Å². The summed E-state index contributed by atoms with van der Waals surface area (Å²) in [5.41, 5.74) is 3.56. The number of piperidine rings is 2. The maximum Gasteiger partial charge on any atom is 0.233 e. The highest BCUT2D eigenvalue weighted by Gasteiger charge is 2.41. The number of halogens is 1. The van der Waals surface area contributed by atoms with E-state index in [1.807, 2.05) is 28.8 Å². The maximum absolute atomic E-state index is 14.8. The molecule has 2 aliphatic heterocycles. The van der Waals surface area contributed by atoms with Gasteiger partial charge in [0.2, 0.25) is 5.88 Å². The number of fused-ring (bicyclic) bond motifs is 3. The molecule has 2 aliphatic rings. The lowest BCUT2D eigenvalue weighted by molar-refractivity contribution is 0.00652. The van der Waals surface area contributed by atoms with Crippen LogP contribution in [-0.2, 0) is 0 Å². The molecule has 4 aromatic rings. The summed E-state index contributed by atoms with van der Waals surface area (Å²) in [7, 11) is 0. The van der Waals surface area contributed by atoms with Crippen LogP contribution in [0.1, 0.15) is 25.7 Å². The number of phenols is 1. The second-order valence-corrected chi connectivity index (χ2v) is 8.74. The fourth-order valence-electron chi connectivity index (χ4n) is 4.88. The van der Waals surface area contributed by atoms with Crippen LogP contribution in [0, 0.1) is 0 Å². The minimum atomic E-state index is -1.06. The molecule has 168 valence electrons. The van der Waals surface area contributed by atoms with E-state index < -0.39 is 12.3 Å². The summed E-state index contributed by atoms with van der Waals surface area (Å²) in [5, 5.41) is 30.3. The molecule has 0 saturated carbocycles. The Labute approximate surface area is 189 Å². The summed E-state index contributed by atoms with van der Waals surface area (Å²) in [6.45, 7) is 0. The first-order valence-corrected chi connectivity index (χ1v) is 11.2. The average Bonchev–Trinajstić information content (AvgIpc) is 3.31. The first-order valence-electron chi connectivity index (χ1n) is 11.2. The molecule has 0 spiro atoms. The zero-order valence-electron chi connectivity index (χ0n) is 17.8. The summed E-state index contributed by atoms with van der Waals surface area (Å²) in [6.07, 6.45) is 5.51. The van der Waals surface area contributed by atoms with Gasteiger partial charge in [-0.05, 0) is 54.3 Å². The van der Waals surface area contributed by atoms with Gasteiger partial charge in [-0.2, -0.15) is 0 Å². The smallest absolute Gasteiger partial charge is 0.233 e. The normalized spacial score (nSPS) is 24.6. The van der Waals surface area contributed by atoms with Crippen molar-refractivity contribution in [3.63, 3.8) is 0 Å². The number of hydrogen-bond acceptors (Lipinski definition) is 7. The molecule has 0 amide bonds. The van der Waals surface area contributed by atoms with Crippen molar-refractivity contribution < 1.29 is 14.2 Å². The van der Waals surface area contributed by atoms with Gasteiger partial charge >= 0.3 is 0 Å². The van der Waals surface area contributed by atoms with E-state index in [2.05, 4.69) is 25.7 Å². The van der Waals surface area contributed by atoms with Crippen molar-refractivity contribution in [3.8, 4) is 34.0 Å². The van der Waals surface area contributed by atoms with Crippen molar-refractivity contribution in [1.82, 2.24) is 30.1 Å². The third kappa shape index (κ3) is 3.78. The van der Waals surface area contributed by atoms with Crippen LogP contribution >= 0.6 is 0 Å². The number of hydrogen-bond donors (Lipinski definition) is 2. The summed E-state index contributed by atoms with van der Waals surface area (Å²) in [5.74, 6) is 0.385. The van der Waals surface area contributed by atoms with Crippen LogP contribution in [0.4, 0.5) is 4.39 Å². The molecular weight excluding hydrogens is 423 g/mol. The van der Waals surface area contributed by atoms with E-state index in [0.717, 1.165) is 36.0 Å². The first-order chi connectivity index (χ1) is 16.1. The number of nitrogens with zero attached hydrogens (tertiary/aromatic N) is 5. The number of aromatic nitrogens is 5. The molecule has 5 heterocycles. The number of pyridine rings is 1. The highest BCUT2D eigenvalue weighted by atomic mass is 19.1. The Morgan fingerprint density at radius 1 is 1.03 bits per heavy atom. The van der Waals surface area contributed by atoms with E-state index >= 15 is 0 Å². The molecule has 0 radical (unpaired) electrons. The zero-order valence-corrected chi connectivity index (χ0v) is 17.8. The van der Waals surface area contributed by atoms with Gasteiger partial charge < -0.3 is 15.2 Å². The number of alkyl halides is 1. The maximum atomic E-state index is 14.8. The van der Waals surface area contributed by atoms with Crippen LogP contribution in [0.2, 0.25) is 0 Å². The SMILES string of the molecule is Oc1cc(-c2ccn3cnnc3c2)ccc1-c1ccc(O[C@@H]2CC3CCCC(N3)[C@@H]2F)nn1. The quantitative estimate of drug-likeness (QED) is 0.495. The Bertz CT molecular complexity index is 1290. The van der Waals surface area contributed by atoms with E-state index in [4.69, 9.17) is 4.74 Å². The number of nitrogens with one attached hydrogen (secondary N) is 1. The Hall–Kier alpha value is -3.59. The highest BCUT2D eigenvalue weighted by molar-refractivity contribution is 5.75. The van der Waals surface area contributed by atoms with Crippen LogP contribution in [0.3, 0.4) is 0 Å². The number of aromatic hydroxyl groups is 1. The van der Waals surface area contributed by atoms with Crippen molar-refractivity contribution in [2.75, 3.05) is 0 Å². The van der Waals surface area contributed by atoms with Gasteiger partial charge in [0, 0.05) is 36.3 Å². The van der Waals surface area contributed by atoms with Gasteiger partial charge in [-0.15, -0.1) is 20.4 Å². The Morgan fingerprint density at radius 2 is 1.94 bits per heavy atom. The van der Waals surface area contributed by atoms with Crippen LogP contribution in [0.15, 0.2) is 55.0 Å². The van der Waals surface area contributed by atoms with Gasteiger partial charge in [-0.25, -0.2) is 4.39 Å². The van der Waals surface area contributed by atoms with E-state index in [-0.39, 0.29) is 11.8 Å². The molecule has 6 rings (SSSR count). The van der Waals surface area contributed by atoms with Gasteiger partial charge in [0.05, 0.1) is 5.69 Å². The molecule has 2 fully saturated rings. The monoisotopic (exact) mass is 446 g/mol. The molecule has 2 N–H and O–H groups in total. The van der Waals surface area contributed by atoms with Crippen LogP contribution in [0.5, 0.6) is 11.6 Å². The summed E-state index contributed by atoms with van der Waals surface area (Å²) in [4.78, 5) is 0. The molecule has 1 aromatic carbocycles. The van der Waals surface area contributed by atoms with Gasteiger partial charge in [0.25, 0.3) is 0 Å². The third-order valence-corrected chi connectivity index (χ3v) is 6.59. The zero-order chi connectivity index (χ0) is 22.4. The fraction of sp³-hybridized carbons (Fsp3) is 0.333. The number of benzene rings is 1. The number of rotatable bonds is 4. The molecule has 2 unspecified atom stereocenters. The third-order valence-electron chi connectivity index (χ3n) is 6.59. The van der Waals surface area contributed by atoms with E-state index in [1.54, 1.807) is 30.6 Å². The molecule has 9 heteroatoms. The number of phenolic OH excluding ortho intramolecular Hbond substituents is 1. The molecule has 2 bridgehead atoms. The predicted molar refractivity (Wildman–Crippen MR) is 120 cm³/mol. The summed E-state index contributed by atoms with van der Waals surface area (Å²) >= 11 is 0. The van der Waals surface area contributed by atoms with Gasteiger partial charge in [0.1, 0.15) is 18.2 Å². The molecule has 8 nitrogen and oxygen atoms in total. The van der Waals surface area contributed by atoms with E-state index in [0.29, 0.717) is 29.6 Å². The van der Waals surface area contributed by atoms with Gasteiger partial charge in [-0.1, -0.05) is 12.5 Å². The van der Waals surface area contributed by atoms with E-state index in [1.165, 1.54) is 0 Å². The lowest BCUT2D eigenvalue weighted by Gasteiger charge is -2.42. The van der Waals surface area contributed by atoms with Crippen LogP contribution in [0.25, 0.3) is 28.0 Å². The summed E-state index contributed by atoms with van der Waals surface area (Å²) in [6, 6.07) is 12.8. The molecular formula is C24H23FN6O2. The van der Waals surface area contributed by atoms with E-state index in [9.17, 15) is 9.50 Å². The molecule has 33 heavy (non-hydrogen) atoms. The Morgan fingerprint density at radius 3 is 2.79 bits per heavy atom. The average molecular weight is 446 g/mol. The molecule has 3 aromatic heterocycles. The first kappa shape index (κ1) is 20.0. The van der Waals surface area contributed by atoms with Crippen molar-refractivity contribution in [1.29, 1.82) is 0 Å². The largest absolute Gasteiger partial charge is 0.507 e. The Balaban J connectivity index is 1.20. The molecule has 2 saturated heterocycles. The van der Waals surface area contributed by atoms with Crippen LogP contribution in [-0.4, -0.2) is 54.3 Å². The minimum Gasteiger partial charge on any atom is -0.507 e.